The highest BCUT2D eigenvalue weighted by Crippen LogP contribution is 2.19. The van der Waals surface area contributed by atoms with E-state index in [1.165, 1.54) is 25.8 Å². The van der Waals surface area contributed by atoms with Crippen LogP contribution in [0, 0.1) is 0 Å². The quantitative estimate of drug-likeness (QED) is 0.800. The number of piperidine rings is 1. The fourth-order valence-corrected chi connectivity index (χ4v) is 2.55. The molecule has 0 aromatic heterocycles. The lowest BCUT2D eigenvalue weighted by Gasteiger charge is -2.40. The highest BCUT2D eigenvalue weighted by atomic mass is 16.5. The van der Waals surface area contributed by atoms with Gasteiger partial charge in [-0.05, 0) is 47.1 Å². The second kappa shape index (κ2) is 6.72. The van der Waals surface area contributed by atoms with E-state index >= 15 is 0 Å². The SMILES string of the molecule is COCC(CNC(C)(C)C)N1CCCCC1C. The Morgan fingerprint density at radius 3 is 2.59 bits per heavy atom. The molecule has 1 fully saturated rings. The fourth-order valence-electron chi connectivity index (χ4n) is 2.55. The van der Waals surface area contributed by atoms with Crippen molar-refractivity contribution in [3.8, 4) is 0 Å². The highest BCUT2D eigenvalue weighted by Gasteiger charge is 2.26. The van der Waals surface area contributed by atoms with E-state index in [2.05, 4.69) is 37.9 Å². The summed E-state index contributed by atoms with van der Waals surface area (Å²) in [5, 5.41) is 3.60. The smallest absolute Gasteiger partial charge is 0.0630 e. The maximum atomic E-state index is 5.39. The summed E-state index contributed by atoms with van der Waals surface area (Å²) in [6.45, 7) is 12.1. The van der Waals surface area contributed by atoms with Gasteiger partial charge >= 0.3 is 0 Å². The molecule has 3 heteroatoms. The third-order valence-electron chi connectivity index (χ3n) is 3.55. The van der Waals surface area contributed by atoms with Crippen molar-refractivity contribution < 1.29 is 4.74 Å². The molecule has 1 rings (SSSR count). The summed E-state index contributed by atoms with van der Waals surface area (Å²) in [5.41, 5.74) is 0.186. The molecular formula is C14H30N2O. The van der Waals surface area contributed by atoms with Crippen LogP contribution in [-0.4, -0.2) is 49.3 Å². The van der Waals surface area contributed by atoms with Gasteiger partial charge in [-0.2, -0.15) is 0 Å². The predicted molar refractivity (Wildman–Crippen MR) is 73.4 cm³/mol. The summed E-state index contributed by atoms with van der Waals surface area (Å²) in [7, 11) is 1.80. The first-order chi connectivity index (χ1) is 7.94. The molecule has 1 aliphatic rings. The Balaban J connectivity index is 2.51. The minimum absolute atomic E-state index is 0.186. The van der Waals surface area contributed by atoms with Crippen LogP contribution < -0.4 is 5.32 Å². The zero-order valence-electron chi connectivity index (χ0n) is 12.3. The predicted octanol–water partition coefficient (Wildman–Crippen LogP) is 2.26. The number of methoxy groups -OCH3 is 1. The Morgan fingerprint density at radius 1 is 1.35 bits per heavy atom. The van der Waals surface area contributed by atoms with Crippen LogP contribution in [0.4, 0.5) is 0 Å². The van der Waals surface area contributed by atoms with Gasteiger partial charge < -0.3 is 10.1 Å². The lowest BCUT2D eigenvalue weighted by Crippen LogP contribution is -2.53. The molecule has 2 unspecified atom stereocenters. The van der Waals surface area contributed by atoms with Gasteiger partial charge in [-0.3, -0.25) is 4.90 Å². The molecule has 1 N–H and O–H groups in total. The number of hydrogen-bond acceptors (Lipinski definition) is 3. The highest BCUT2D eigenvalue weighted by molar-refractivity contribution is 4.84. The van der Waals surface area contributed by atoms with Gasteiger partial charge in [0.1, 0.15) is 0 Å². The zero-order chi connectivity index (χ0) is 12.9. The molecule has 0 radical (unpaired) electrons. The van der Waals surface area contributed by atoms with Crippen molar-refractivity contribution in [2.45, 2.75) is 64.6 Å². The van der Waals surface area contributed by atoms with Crippen LogP contribution in [0.5, 0.6) is 0 Å². The van der Waals surface area contributed by atoms with Gasteiger partial charge in [0.05, 0.1) is 6.61 Å². The summed E-state index contributed by atoms with van der Waals surface area (Å²) in [6.07, 6.45) is 4.04. The van der Waals surface area contributed by atoms with Gasteiger partial charge in [0.2, 0.25) is 0 Å². The lowest BCUT2D eigenvalue weighted by molar-refractivity contribution is 0.0435. The monoisotopic (exact) mass is 242 g/mol. The number of ether oxygens (including phenoxy) is 1. The lowest BCUT2D eigenvalue weighted by atomic mass is 10.0. The van der Waals surface area contributed by atoms with Crippen LogP contribution in [0.2, 0.25) is 0 Å². The molecule has 1 heterocycles. The van der Waals surface area contributed by atoms with E-state index in [0.29, 0.717) is 12.1 Å². The Morgan fingerprint density at radius 2 is 2.06 bits per heavy atom. The van der Waals surface area contributed by atoms with Crippen molar-refractivity contribution >= 4 is 0 Å². The van der Waals surface area contributed by atoms with Crippen LogP contribution >= 0.6 is 0 Å². The van der Waals surface area contributed by atoms with Crippen LogP contribution in [0.15, 0.2) is 0 Å². The molecule has 0 spiro atoms. The van der Waals surface area contributed by atoms with Crippen molar-refractivity contribution in [1.82, 2.24) is 10.2 Å². The fraction of sp³-hybridized carbons (Fsp3) is 1.00. The third kappa shape index (κ3) is 5.36. The second-order valence-electron chi connectivity index (χ2n) is 6.32. The Hall–Kier alpha value is -0.120. The average molecular weight is 242 g/mol. The van der Waals surface area contributed by atoms with Gasteiger partial charge in [0, 0.05) is 31.3 Å². The summed E-state index contributed by atoms with van der Waals surface area (Å²) < 4.78 is 5.39. The van der Waals surface area contributed by atoms with Crippen molar-refractivity contribution in [2.75, 3.05) is 26.8 Å². The normalized spacial score (nSPS) is 24.9. The topological polar surface area (TPSA) is 24.5 Å². The standard InChI is InChI=1S/C14H30N2O/c1-12-8-6-7-9-16(12)13(11-17-5)10-15-14(2,3)4/h12-13,15H,6-11H2,1-5H3. The Labute approximate surface area is 107 Å². The summed E-state index contributed by atoms with van der Waals surface area (Å²) in [4.78, 5) is 2.62. The van der Waals surface area contributed by atoms with Gasteiger partial charge in [0.25, 0.3) is 0 Å². The molecule has 102 valence electrons. The second-order valence-corrected chi connectivity index (χ2v) is 6.32. The molecular weight excluding hydrogens is 212 g/mol. The minimum Gasteiger partial charge on any atom is -0.383 e. The molecule has 1 saturated heterocycles. The van der Waals surface area contributed by atoms with Crippen LogP contribution in [0.1, 0.15) is 47.0 Å². The molecule has 0 bridgehead atoms. The number of rotatable bonds is 5. The van der Waals surface area contributed by atoms with Crippen LogP contribution in [0.25, 0.3) is 0 Å². The van der Waals surface area contributed by atoms with Gasteiger partial charge in [-0.1, -0.05) is 6.42 Å². The first kappa shape index (κ1) is 14.9. The molecule has 17 heavy (non-hydrogen) atoms. The minimum atomic E-state index is 0.186. The first-order valence-corrected chi connectivity index (χ1v) is 6.94. The van der Waals surface area contributed by atoms with Gasteiger partial charge in [0.15, 0.2) is 0 Å². The third-order valence-corrected chi connectivity index (χ3v) is 3.55. The van der Waals surface area contributed by atoms with E-state index in [0.717, 1.165) is 13.2 Å². The molecule has 0 aliphatic carbocycles. The molecule has 0 aromatic carbocycles. The Kier molecular flexibility index (Phi) is 5.90. The van der Waals surface area contributed by atoms with Crippen molar-refractivity contribution in [3.05, 3.63) is 0 Å². The number of likely N-dealkylation sites (tertiary alicyclic amines) is 1. The van der Waals surface area contributed by atoms with E-state index in [4.69, 9.17) is 4.74 Å². The molecule has 0 saturated carbocycles. The van der Waals surface area contributed by atoms with Gasteiger partial charge in [-0.15, -0.1) is 0 Å². The van der Waals surface area contributed by atoms with Crippen molar-refractivity contribution in [2.24, 2.45) is 0 Å². The molecule has 0 aromatic rings. The van der Waals surface area contributed by atoms with E-state index < -0.39 is 0 Å². The average Bonchev–Trinajstić information content (AvgIpc) is 2.24. The maximum Gasteiger partial charge on any atom is 0.0630 e. The van der Waals surface area contributed by atoms with E-state index in [1.54, 1.807) is 7.11 Å². The summed E-state index contributed by atoms with van der Waals surface area (Å²) in [5.74, 6) is 0. The number of nitrogens with zero attached hydrogens (tertiary/aromatic N) is 1. The zero-order valence-corrected chi connectivity index (χ0v) is 12.3. The molecule has 3 nitrogen and oxygen atoms in total. The van der Waals surface area contributed by atoms with E-state index in [9.17, 15) is 0 Å². The summed E-state index contributed by atoms with van der Waals surface area (Å²) in [6, 6.07) is 1.21. The number of nitrogens with one attached hydrogen (secondary N) is 1. The van der Waals surface area contributed by atoms with E-state index in [-0.39, 0.29) is 5.54 Å². The number of hydrogen-bond donors (Lipinski definition) is 1. The van der Waals surface area contributed by atoms with Crippen molar-refractivity contribution in [3.63, 3.8) is 0 Å². The summed E-state index contributed by atoms with van der Waals surface area (Å²) >= 11 is 0. The largest absolute Gasteiger partial charge is 0.383 e. The van der Waals surface area contributed by atoms with Crippen LogP contribution in [0.3, 0.4) is 0 Å². The van der Waals surface area contributed by atoms with Gasteiger partial charge in [-0.25, -0.2) is 0 Å². The van der Waals surface area contributed by atoms with Crippen molar-refractivity contribution in [1.29, 1.82) is 0 Å². The van der Waals surface area contributed by atoms with E-state index in [1.807, 2.05) is 0 Å². The first-order valence-electron chi connectivity index (χ1n) is 6.94. The Bertz CT molecular complexity index is 213. The van der Waals surface area contributed by atoms with Crippen LogP contribution in [-0.2, 0) is 4.74 Å². The maximum absolute atomic E-state index is 5.39. The molecule has 0 amide bonds. The molecule has 1 aliphatic heterocycles. The molecule has 2 atom stereocenters.